The number of carboxylic acids is 1. The number of likely N-dealkylation sites (tertiary alicyclic amines) is 1. The fourth-order valence-electron chi connectivity index (χ4n) is 3.25. The monoisotopic (exact) mass is 283 g/mol. The van der Waals surface area contributed by atoms with E-state index in [0.29, 0.717) is 37.3 Å². The van der Waals surface area contributed by atoms with Gasteiger partial charge in [-0.25, -0.2) is 4.79 Å². The largest absolute Gasteiger partial charge is 0.480 e. The normalized spacial score (nSPS) is 33.6. The first-order valence-electron chi connectivity index (χ1n) is 7.65. The zero-order valence-corrected chi connectivity index (χ0v) is 12.4. The molecule has 0 aromatic rings. The van der Waals surface area contributed by atoms with E-state index in [0.717, 1.165) is 25.9 Å². The van der Waals surface area contributed by atoms with Gasteiger partial charge in [0.2, 0.25) is 5.91 Å². The summed E-state index contributed by atoms with van der Waals surface area (Å²) < 4.78 is 5.49. The van der Waals surface area contributed by atoms with Gasteiger partial charge in [0.1, 0.15) is 6.04 Å². The van der Waals surface area contributed by atoms with Gasteiger partial charge < -0.3 is 14.7 Å². The van der Waals surface area contributed by atoms with Gasteiger partial charge in [-0.3, -0.25) is 4.79 Å². The van der Waals surface area contributed by atoms with Crippen molar-refractivity contribution in [2.45, 2.75) is 58.1 Å². The molecule has 20 heavy (non-hydrogen) atoms. The second-order valence-electron chi connectivity index (χ2n) is 6.19. The van der Waals surface area contributed by atoms with E-state index < -0.39 is 12.0 Å². The van der Waals surface area contributed by atoms with Crippen molar-refractivity contribution in [2.75, 3.05) is 13.2 Å². The zero-order valence-electron chi connectivity index (χ0n) is 12.4. The van der Waals surface area contributed by atoms with Crippen LogP contribution in [0.5, 0.6) is 0 Å². The summed E-state index contributed by atoms with van der Waals surface area (Å²) in [5.41, 5.74) is 0. The highest BCUT2D eigenvalue weighted by molar-refractivity contribution is 5.84. The van der Waals surface area contributed by atoms with E-state index in [1.807, 2.05) is 6.92 Å². The van der Waals surface area contributed by atoms with E-state index in [4.69, 9.17) is 4.74 Å². The smallest absolute Gasteiger partial charge is 0.326 e. The summed E-state index contributed by atoms with van der Waals surface area (Å²) in [6, 6.07) is -0.631. The molecule has 1 aliphatic heterocycles. The summed E-state index contributed by atoms with van der Waals surface area (Å²) in [5.74, 6) is -0.117. The average Bonchev–Trinajstić information content (AvgIpc) is 2.35. The first-order chi connectivity index (χ1) is 9.51. The number of hydrogen-bond acceptors (Lipinski definition) is 3. The Hall–Kier alpha value is -1.10. The molecule has 2 rings (SSSR count). The number of carbonyl (C=O) groups is 2. The molecule has 2 aliphatic rings. The molecule has 0 bridgehead atoms. The Kier molecular flexibility index (Phi) is 5.02. The van der Waals surface area contributed by atoms with E-state index in [9.17, 15) is 14.7 Å². The van der Waals surface area contributed by atoms with Crippen LogP contribution in [0.15, 0.2) is 0 Å². The first kappa shape index (κ1) is 15.3. The van der Waals surface area contributed by atoms with E-state index >= 15 is 0 Å². The maximum Gasteiger partial charge on any atom is 0.326 e. The molecule has 1 saturated heterocycles. The van der Waals surface area contributed by atoms with Crippen molar-refractivity contribution < 1.29 is 19.4 Å². The summed E-state index contributed by atoms with van der Waals surface area (Å²) >= 11 is 0. The molecule has 2 unspecified atom stereocenters. The quantitative estimate of drug-likeness (QED) is 0.837. The minimum Gasteiger partial charge on any atom is -0.480 e. The zero-order chi connectivity index (χ0) is 14.7. The maximum absolute atomic E-state index is 12.3. The SMILES string of the molecule is CCOC1CC(CC(=O)N2CCC(C)CC2C(=O)O)C1. The molecule has 5 nitrogen and oxygen atoms in total. The lowest BCUT2D eigenvalue weighted by molar-refractivity contribution is -0.154. The molecule has 0 radical (unpaired) electrons. The molecule has 0 spiro atoms. The molecule has 2 atom stereocenters. The van der Waals surface area contributed by atoms with Crippen molar-refractivity contribution in [2.24, 2.45) is 11.8 Å². The summed E-state index contributed by atoms with van der Waals surface area (Å²) in [4.78, 5) is 25.2. The first-order valence-corrected chi connectivity index (χ1v) is 7.65. The Morgan fingerprint density at radius 3 is 2.60 bits per heavy atom. The minimum absolute atomic E-state index is 0.00393. The minimum atomic E-state index is -0.870. The van der Waals surface area contributed by atoms with Crippen LogP contribution >= 0.6 is 0 Å². The number of piperidine rings is 1. The average molecular weight is 283 g/mol. The summed E-state index contributed by atoms with van der Waals surface area (Å²) in [5, 5.41) is 9.28. The number of hydrogen-bond donors (Lipinski definition) is 1. The van der Waals surface area contributed by atoms with Gasteiger partial charge in [-0.15, -0.1) is 0 Å². The topological polar surface area (TPSA) is 66.8 Å². The number of aliphatic carboxylic acids is 1. The Morgan fingerprint density at radius 1 is 1.30 bits per heavy atom. The molecule has 2 fully saturated rings. The van der Waals surface area contributed by atoms with E-state index in [1.165, 1.54) is 0 Å². The Balaban J connectivity index is 1.83. The van der Waals surface area contributed by atoms with Crippen molar-refractivity contribution in [1.82, 2.24) is 4.90 Å². The van der Waals surface area contributed by atoms with Crippen molar-refractivity contribution in [3.8, 4) is 0 Å². The van der Waals surface area contributed by atoms with Crippen LogP contribution in [0.1, 0.15) is 46.0 Å². The van der Waals surface area contributed by atoms with Crippen LogP contribution in [-0.4, -0.2) is 47.2 Å². The van der Waals surface area contributed by atoms with Gasteiger partial charge in [0.15, 0.2) is 0 Å². The third-order valence-electron chi connectivity index (χ3n) is 4.53. The number of rotatable bonds is 5. The molecule has 1 saturated carbocycles. The third-order valence-corrected chi connectivity index (χ3v) is 4.53. The molecular weight excluding hydrogens is 258 g/mol. The van der Waals surface area contributed by atoms with Gasteiger partial charge >= 0.3 is 5.97 Å². The van der Waals surface area contributed by atoms with Crippen LogP contribution in [0, 0.1) is 11.8 Å². The highest BCUT2D eigenvalue weighted by atomic mass is 16.5. The number of amides is 1. The molecular formula is C15H25NO4. The highest BCUT2D eigenvalue weighted by Gasteiger charge is 2.37. The lowest BCUT2D eigenvalue weighted by Crippen LogP contribution is -2.50. The number of nitrogens with zero attached hydrogens (tertiary/aromatic N) is 1. The van der Waals surface area contributed by atoms with E-state index in [1.54, 1.807) is 4.90 Å². The van der Waals surface area contributed by atoms with E-state index in [2.05, 4.69) is 6.92 Å². The summed E-state index contributed by atoms with van der Waals surface area (Å²) in [6.45, 7) is 5.33. The lowest BCUT2D eigenvalue weighted by atomic mass is 9.79. The molecule has 1 heterocycles. The van der Waals surface area contributed by atoms with Crippen molar-refractivity contribution >= 4 is 11.9 Å². The maximum atomic E-state index is 12.3. The van der Waals surface area contributed by atoms with Gasteiger partial charge in [-0.2, -0.15) is 0 Å². The van der Waals surface area contributed by atoms with Crippen molar-refractivity contribution in [3.63, 3.8) is 0 Å². The van der Waals surface area contributed by atoms with Crippen LogP contribution in [0.25, 0.3) is 0 Å². The van der Waals surface area contributed by atoms with Gasteiger partial charge in [0.25, 0.3) is 0 Å². The highest BCUT2D eigenvalue weighted by Crippen LogP contribution is 2.34. The van der Waals surface area contributed by atoms with Gasteiger partial charge in [-0.1, -0.05) is 6.92 Å². The van der Waals surface area contributed by atoms with Crippen LogP contribution < -0.4 is 0 Å². The lowest BCUT2D eigenvalue weighted by Gasteiger charge is -2.39. The van der Waals surface area contributed by atoms with Crippen LogP contribution in [0.3, 0.4) is 0 Å². The number of carbonyl (C=O) groups excluding carboxylic acids is 1. The Morgan fingerprint density at radius 2 is 2.00 bits per heavy atom. The second kappa shape index (κ2) is 6.57. The summed E-state index contributed by atoms with van der Waals surface area (Å²) in [7, 11) is 0. The third kappa shape index (κ3) is 3.51. The van der Waals surface area contributed by atoms with Gasteiger partial charge in [0.05, 0.1) is 6.10 Å². The summed E-state index contributed by atoms with van der Waals surface area (Å²) in [6.07, 6.45) is 4.12. The standard InChI is InChI=1S/C15H25NO4/c1-3-20-12-7-11(8-12)9-14(17)16-5-4-10(2)6-13(16)15(18)19/h10-13H,3-9H2,1-2H3,(H,18,19). The van der Waals surface area contributed by atoms with Crippen LogP contribution in [0.4, 0.5) is 0 Å². The second-order valence-corrected chi connectivity index (χ2v) is 6.19. The number of carboxylic acid groups (broad SMARTS) is 1. The van der Waals surface area contributed by atoms with Crippen molar-refractivity contribution in [1.29, 1.82) is 0 Å². The molecule has 5 heteroatoms. The van der Waals surface area contributed by atoms with Crippen LogP contribution in [0.2, 0.25) is 0 Å². The predicted octanol–water partition coefficient (Wildman–Crippen LogP) is 1.90. The molecule has 1 amide bonds. The molecule has 1 aliphatic carbocycles. The number of ether oxygens (including phenoxy) is 1. The molecule has 114 valence electrons. The molecule has 0 aromatic heterocycles. The fraction of sp³-hybridized carbons (Fsp3) is 0.867. The Labute approximate surface area is 120 Å². The van der Waals surface area contributed by atoms with Crippen LogP contribution in [-0.2, 0) is 14.3 Å². The van der Waals surface area contributed by atoms with Gasteiger partial charge in [0, 0.05) is 19.6 Å². The predicted molar refractivity (Wildman–Crippen MR) is 74.3 cm³/mol. The van der Waals surface area contributed by atoms with Gasteiger partial charge in [-0.05, 0) is 44.4 Å². The van der Waals surface area contributed by atoms with E-state index in [-0.39, 0.29) is 5.91 Å². The fourth-order valence-corrected chi connectivity index (χ4v) is 3.25. The molecule has 1 N–H and O–H groups in total. The van der Waals surface area contributed by atoms with Crippen molar-refractivity contribution in [3.05, 3.63) is 0 Å². The Bertz CT molecular complexity index is 365. The molecule has 0 aromatic carbocycles.